The van der Waals surface area contributed by atoms with Gasteiger partial charge in [0.1, 0.15) is 0 Å². The molecule has 114 valence electrons. The van der Waals surface area contributed by atoms with Crippen LogP contribution in [0.5, 0.6) is 0 Å². The van der Waals surface area contributed by atoms with E-state index >= 15 is 0 Å². The maximum absolute atomic E-state index is 3.73. The average molecular weight is 268 g/mol. The van der Waals surface area contributed by atoms with E-state index in [-0.39, 0.29) is 0 Å². The summed E-state index contributed by atoms with van der Waals surface area (Å²) in [5.74, 6) is 1.65. The van der Waals surface area contributed by atoms with Crippen molar-refractivity contribution in [3.63, 3.8) is 0 Å². The lowest BCUT2D eigenvalue weighted by molar-refractivity contribution is 0.170. The van der Waals surface area contributed by atoms with Gasteiger partial charge in [0.2, 0.25) is 0 Å². The van der Waals surface area contributed by atoms with E-state index in [1.54, 1.807) is 0 Å². The zero-order chi connectivity index (χ0) is 14.3. The van der Waals surface area contributed by atoms with Crippen LogP contribution in [0, 0.1) is 11.8 Å². The molecule has 3 atom stereocenters. The monoisotopic (exact) mass is 268 g/mol. The van der Waals surface area contributed by atoms with E-state index in [2.05, 4.69) is 45.0 Å². The summed E-state index contributed by atoms with van der Waals surface area (Å²) in [6, 6.07) is 1.46. The summed E-state index contributed by atoms with van der Waals surface area (Å²) in [5.41, 5.74) is 0. The molecule has 1 N–H and O–H groups in total. The van der Waals surface area contributed by atoms with Gasteiger partial charge in [-0.1, -0.05) is 40.0 Å². The first-order chi connectivity index (χ1) is 9.04. The summed E-state index contributed by atoms with van der Waals surface area (Å²) in [7, 11) is 2.32. The average Bonchev–Trinajstić information content (AvgIpc) is 2.55. The van der Waals surface area contributed by atoms with Gasteiger partial charge >= 0.3 is 0 Å². The van der Waals surface area contributed by atoms with Crippen LogP contribution in [-0.4, -0.2) is 37.1 Å². The predicted molar refractivity (Wildman–Crippen MR) is 85.6 cm³/mol. The van der Waals surface area contributed by atoms with Gasteiger partial charge in [0.15, 0.2) is 0 Å². The maximum Gasteiger partial charge on any atom is 0.0107 e. The molecule has 0 aromatic carbocycles. The van der Waals surface area contributed by atoms with Gasteiger partial charge in [0.05, 0.1) is 0 Å². The first-order valence-electron chi connectivity index (χ1n) is 8.48. The lowest BCUT2D eigenvalue weighted by atomic mass is 9.93. The van der Waals surface area contributed by atoms with Crippen LogP contribution in [0.3, 0.4) is 0 Å². The highest BCUT2D eigenvalue weighted by Crippen LogP contribution is 2.25. The Labute approximate surface area is 121 Å². The Hall–Kier alpha value is -0.0800. The van der Waals surface area contributed by atoms with Gasteiger partial charge in [-0.3, -0.25) is 0 Å². The fourth-order valence-corrected chi connectivity index (χ4v) is 3.55. The van der Waals surface area contributed by atoms with E-state index in [0.717, 1.165) is 24.4 Å². The third kappa shape index (κ3) is 6.27. The Morgan fingerprint density at radius 1 is 1.11 bits per heavy atom. The second kappa shape index (κ2) is 8.97. The minimum Gasteiger partial charge on any atom is -0.314 e. The molecular weight excluding hydrogens is 232 g/mol. The Balaban J connectivity index is 2.49. The number of rotatable bonds is 7. The van der Waals surface area contributed by atoms with Crippen LogP contribution in [0.2, 0.25) is 0 Å². The quantitative estimate of drug-likeness (QED) is 0.704. The third-order valence-electron chi connectivity index (χ3n) is 4.71. The standard InChI is InChI=1S/C17H36N2/c1-6-18-17-11-9-7-8-10-16(17)13-19(5)15(4)12-14(2)3/h14-18H,6-13H2,1-5H3. The number of nitrogens with zero attached hydrogens (tertiary/aromatic N) is 1. The topological polar surface area (TPSA) is 15.3 Å². The second-order valence-electron chi connectivity index (χ2n) is 6.98. The molecule has 1 saturated carbocycles. The van der Waals surface area contributed by atoms with Crippen molar-refractivity contribution in [3.05, 3.63) is 0 Å². The fraction of sp³-hybridized carbons (Fsp3) is 1.00. The first-order valence-corrected chi connectivity index (χ1v) is 8.48. The van der Waals surface area contributed by atoms with Crippen LogP contribution in [0.15, 0.2) is 0 Å². The summed E-state index contributed by atoms with van der Waals surface area (Å²) in [6.07, 6.45) is 8.39. The van der Waals surface area contributed by atoms with E-state index in [1.807, 2.05) is 0 Å². The van der Waals surface area contributed by atoms with E-state index < -0.39 is 0 Å². The van der Waals surface area contributed by atoms with Crippen LogP contribution in [0.4, 0.5) is 0 Å². The van der Waals surface area contributed by atoms with Crippen molar-refractivity contribution in [3.8, 4) is 0 Å². The summed E-state index contributed by atoms with van der Waals surface area (Å²) in [6.45, 7) is 11.7. The molecule has 3 unspecified atom stereocenters. The smallest absolute Gasteiger partial charge is 0.0107 e. The summed E-state index contributed by atoms with van der Waals surface area (Å²) >= 11 is 0. The highest BCUT2D eigenvalue weighted by atomic mass is 15.1. The molecule has 0 radical (unpaired) electrons. The highest BCUT2D eigenvalue weighted by Gasteiger charge is 2.25. The summed E-state index contributed by atoms with van der Waals surface area (Å²) in [4.78, 5) is 2.60. The molecule has 1 rings (SSSR count). The van der Waals surface area contributed by atoms with E-state index in [4.69, 9.17) is 0 Å². The van der Waals surface area contributed by atoms with Crippen molar-refractivity contribution >= 4 is 0 Å². The molecule has 0 heterocycles. The third-order valence-corrected chi connectivity index (χ3v) is 4.71. The molecule has 2 nitrogen and oxygen atoms in total. The van der Waals surface area contributed by atoms with Crippen molar-refractivity contribution in [1.29, 1.82) is 0 Å². The van der Waals surface area contributed by atoms with E-state index in [1.165, 1.54) is 45.1 Å². The summed E-state index contributed by atoms with van der Waals surface area (Å²) < 4.78 is 0. The molecule has 19 heavy (non-hydrogen) atoms. The second-order valence-corrected chi connectivity index (χ2v) is 6.98. The number of nitrogens with one attached hydrogen (secondary N) is 1. The van der Waals surface area contributed by atoms with Crippen LogP contribution in [0.1, 0.15) is 66.2 Å². The van der Waals surface area contributed by atoms with Gasteiger partial charge in [-0.15, -0.1) is 0 Å². The largest absolute Gasteiger partial charge is 0.314 e. The molecule has 1 aliphatic rings. The minimum atomic E-state index is 0.713. The molecule has 0 aromatic rings. The molecular formula is C17H36N2. The van der Waals surface area contributed by atoms with Crippen molar-refractivity contribution in [2.75, 3.05) is 20.1 Å². The lowest BCUT2D eigenvalue weighted by Gasteiger charge is -2.33. The van der Waals surface area contributed by atoms with Crippen LogP contribution in [0.25, 0.3) is 0 Å². The van der Waals surface area contributed by atoms with Gasteiger partial charge < -0.3 is 10.2 Å². The van der Waals surface area contributed by atoms with E-state index in [9.17, 15) is 0 Å². The number of hydrogen-bond acceptors (Lipinski definition) is 2. The summed E-state index contributed by atoms with van der Waals surface area (Å²) in [5, 5.41) is 3.73. The van der Waals surface area contributed by atoms with Gasteiger partial charge in [0.25, 0.3) is 0 Å². The van der Waals surface area contributed by atoms with Crippen LogP contribution < -0.4 is 5.32 Å². The maximum atomic E-state index is 3.73. The first kappa shape index (κ1) is 17.0. The fourth-order valence-electron chi connectivity index (χ4n) is 3.55. The molecule has 0 saturated heterocycles. The Bertz CT molecular complexity index is 227. The Kier molecular flexibility index (Phi) is 8.01. The van der Waals surface area contributed by atoms with Crippen LogP contribution >= 0.6 is 0 Å². The zero-order valence-electron chi connectivity index (χ0n) is 13.9. The molecule has 1 fully saturated rings. The lowest BCUT2D eigenvalue weighted by Crippen LogP contribution is -2.43. The van der Waals surface area contributed by atoms with Crippen molar-refractivity contribution in [1.82, 2.24) is 10.2 Å². The molecule has 0 amide bonds. The van der Waals surface area contributed by atoms with Gasteiger partial charge in [0, 0.05) is 18.6 Å². The van der Waals surface area contributed by atoms with Gasteiger partial charge in [-0.25, -0.2) is 0 Å². The van der Waals surface area contributed by atoms with Gasteiger partial charge in [-0.05, 0) is 51.6 Å². The SMILES string of the molecule is CCNC1CCCCCC1CN(C)C(C)CC(C)C. The Morgan fingerprint density at radius 3 is 2.42 bits per heavy atom. The van der Waals surface area contributed by atoms with Crippen LogP contribution in [-0.2, 0) is 0 Å². The molecule has 0 bridgehead atoms. The van der Waals surface area contributed by atoms with Crippen molar-refractivity contribution in [2.45, 2.75) is 78.3 Å². The highest BCUT2D eigenvalue weighted by molar-refractivity contribution is 4.82. The van der Waals surface area contributed by atoms with Crippen molar-refractivity contribution < 1.29 is 0 Å². The van der Waals surface area contributed by atoms with Gasteiger partial charge in [-0.2, -0.15) is 0 Å². The molecule has 0 aromatic heterocycles. The van der Waals surface area contributed by atoms with E-state index in [0.29, 0.717) is 6.04 Å². The molecule has 1 aliphatic carbocycles. The Morgan fingerprint density at radius 2 is 1.79 bits per heavy atom. The molecule has 0 spiro atoms. The van der Waals surface area contributed by atoms with Crippen molar-refractivity contribution in [2.24, 2.45) is 11.8 Å². The molecule has 0 aliphatic heterocycles. The minimum absolute atomic E-state index is 0.713. The number of hydrogen-bond donors (Lipinski definition) is 1. The zero-order valence-corrected chi connectivity index (χ0v) is 13.9. The molecule has 2 heteroatoms. The predicted octanol–water partition coefficient (Wildman–Crippen LogP) is 3.91. The normalized spacial score (nSPS) is 26.7.